The van der Waals surface area contributed by atoms with E-state index in [-0.39, 0.29) is 0 Å². The Morgan fingerprint density at radius 3 is 3.13 bits per heavy atom. The van der Waals surface area contributed by atoms with E-state index < -0.39 is 0 Å². The first-order chi connectivity index (χ1) is 7.24. The molecule has 0 aromatic heterocycles. The second-order valence-electron chi connectivity index (χ2n) is 3.61. The van der Waals surface area contributed by atoms with Gasteiger partial charge in [-0.05, 0) is 24.6 Å². The second-order valence-corrected chi connectivity index (χ2v) is 5.05. The fourth-order valence-corrected chi connectivity index (χ4v) is 2.53. The van der Waals surface area contributed by atoms with E-state index >= 15 is 0 Å². The molecule has 0 radical (unpaired) electrons. The molecule has 4 heteroatoms. The van der Waals surface area contributed by atoms with Crippen LogP contribution in [0.1, 0.15) is 12.5 Å². The Morgan fingerprint density at radius 1 is 1.60 bits per heavy atom. The van der Waals surface area contributed by atoms with Gasteiger partial charge in [-0.3, -0.25) is 4.99 Å². The van der Waals surface area contributed by atoms with Crippen LogP contribution in [0.15, 0.2) is 29.3 Å². The Morgan fingerprint density at radius 2 is 2.47 bits per heavy atom. The smallest absolute Gasteiger partial charge is 0.157 e. The summed E-state index contributed by atoms with van der Waals surface area (Å²) in [5.41, 5.74) is 1.15. The van der Waals surface area contributed by atoms with Crippen LogP contribution in [-0.4, -0.2) is 17.0 Å². The molecule has 1 saturated heterocycles. The number of hydrogen-bond acceptors (Lipinski definition) is 2. The predicted octanol–water partition coefficient (Wildman–Crippen LogP) is 2.92. The zero-order chi connectivity index (χ0) is 10.7. The van der Waals surface area contributed by atoms with Gasteiger partial charge in [0, 0.05) is 16.8 Å². The minimum Gasteiger partial charge on any atom is -0.362 e. The van der Waals surface area contributed by atoms with E-state index in [0.717, 1.165) is 21.5 Å². The summed E-state index contributed by atoms with van der Waals surface area (Å²) in [4.78, 5) is 4.49. The molecule has 0 amide bonds. The lowest BCUT2D eigenvalue weighted by atomic mass is 10.2. The lowest BCUT2D eigenvalue weighted by molar-refractivity contribution is 0.764. The Bertz CT molecular complexity index is 379. The van der Waals surface area contributed by atoms with Crippen molar-refractivity contribution in [1.82, 2.24) is 5.32 Å². The molecule has 0 saturated carbocycles. The molecule has 1 unspecified atom stereocenters. The van der Waals surface area contributed by atoms with Gasteiger partial charge in [-0.2, -0.15) is 0 Å². The van der Waals surface area contributed by atoms with Crippen LogP contribution in [0.2, 0.25) is 5.02 Å². The van der Waals surface area contributed by atoms with Crippen molar-refractivity contribution >= 4 is 28.5 Å². The molecule has 0 bridgehead atoms. The van der Waals surface area contributed by atoms with Crippen LogP contribution in [0.3, 0.4) is 0 Å². The SMILES string of the molecule is CC1CSC(=NCc2cccc(Cl)c2)N1. The van der Waals surface area contributed by atoms with Crippen LogP contribution in [0.4, 0.5) is 0 Å². The molecule has 1 heterocycles. The minimum atomic E-state index is 0.535. The molecule has 1 aromatic carbocycles. The van der Waals surface area contributed by atoms with Crippen molar-refractivity contribution in [2.45, 2.75) is 19.5 Å². The first-order valence-electron chi connectivity index (χ1n) is 4.92. The fraction of sp³-hybridized carbons (Fsp3) is 0.364. The molecule has 2 rings (SSSR count). The van der Waals surface area contributed by atoms with Crippen LogP contribution >= 0.6 is 23.4 Å². The van der Waals surface area contributed by atoms with Crippen molar-refractivity contribution in [3.63, 3.8) is 0 Å². The van der Waals surface area contributed by atoms with Crippen LogP contribution in [-0.2, 0) is 6.54 Å². The summed E-state index contributed by atoms with van der Waals surface area (Å²) < 4.78 is 0. The first kappa shape index (κ1) is 10.8. The summed E-state index contributed by atoms with van der Waals surface area (Å²) in [5, 5.41) is 5.13. The van der Waals surface area contributed by atoms with Crippen molar-refractivity contribution in [3.05, 3.63) is 34.9 Å². The van der Waals surface area contributed by atoms with Gasteiger partial charge < -0.3 is 5.32 Å². The molecule has 80 valence electrons. The van der Waals surface area contributed by atoms with Crippen LogP contribution < -0.4 is 5.32 Å². The number of thioether (sulfide) groups is 1. The summed E-state index contributed by atoms with van der Waals surface area (Å²) in [6.07, 6.45) is 0. The van der Waals surface area contributed by atoms with E-state index in [1.165, 1.54) is 0 Å². The number of aliphatic imine (C=N–C) groups is 1. The van der Waals surface area contributed by atoms with E-state index in [1.807, 2.05) is 24.3 Å². The number of benzene rings is 1. The molecule has 1 aliphatic rings. The van der Waals surface area contributed by atoms with E-state index in [2.05, 4.69) is 17.2 Å². The fourth-order valence-electron chi connectivity index (χ4n) is 1.39. The van der Waals surface area contributed by atoms with Gasteiger partial charge in [0.25, 0.3) is 0 Å². The normalized spacial score (nSPS) is 23.1. The van der Waals surface area contributed by atoms with Crippen molar-refractivity contribution in [3.8, 4) is 0 Å². The molecule has 1 N–H and O–H groups in total. The lowest BCUT2D eigenvalue weighted by Gasteiger charge is -2.01. The molecule has 15 heavy (non-hydrogen) atoms. The molecular formula is C11H13ClN2S. The average Bonchev–Trinajstić information content (AvgIpc) is 2.62. The molecule has 1 fully saturated rings. The summed E-state index contributed by atoms with van der Waals surface area (Å²) in [5.74, 6) is 1.11. The highest BCUT2D eigenvalue weighted by atomic mass is 35.5. The molecule has 1 aliphatic heterocycles. The lowest BCUT2D eigenvalue weighted by Crippen LogP contribution is -2.23. The number of halogens is 1. The van der Waals surface area contributed by atoms with E-state index in [4.69, 9.17) is 11.6 Å². The summed E-state index contributed by atoms with van der Waals surface area (Å²) >= 11 is 7.67. The van der Waals surface area contributed by atoms with Gasteiger partial charge in [0.2, 0.25) is 0 Å². The Hall–Kier alpha value is -0.670. The highest BCUT2D eigenvalue weighted by molar-refractivity contribution is 8.14. The van der Waals surface area contributed by atoms with Gasteiger partial charge >= 0.3 is 0 Å². The highest BCUT2D eigenvalue weighted by Gasteiger charge is 2.14. The summed E-state index contributed by atoms with van der Waals surface area (Å²) in [7, 11) is 0. The molecule has 2 nitrogen and oxygen atoms in total. The monoisotopic (exact) mass is 240 g/mol. The maximum absolute atomic E-state index is 5.89. The maximum Gasteiger partial charge on any atom is 0.157 e. The molecule has 0 spiro atoms. The Labute approximate surface area is 99.1 Å². The van der Waals surface area contributed by atoms with Crippen molar-refractivity contribution in [2.75, 3.05) is 5.75 Å². The number of amidine groups is 1. The van der Waals surface area contributed by atoms with Gasteiger partial charge in [-0.25, -0.2) is 0 Å². The highest BCUT2D eigenvalue weighted by Crippen LogP contribution is 2.15. The standard InChI is InChI=1S/C11H13ClN2S/c1-8-7-15-11(14-8)13-6-9-3-2-4-10(12)5-9/h2-5,8H,6-7H2,1H3,(H,13,14). The molecular weight excluding hydrogens is 228 g/mol. The third-order valence-electron chi connectivity index (χ3n) is 2.13. The van der Waals surface area contributed by atoms with Crippen molar-refractivity contribution in [2.24, 2.45) is 4.99 Å². The van der Waals surface area contributed by atoms with Crippen LogP contribution in [0.5, 0.6) is 0 Å². The Kier molecular flexibility index (Phi) is 3.54. The van der Waals surface area contributed by atoms with Gasteiger partial charge in [-0.15, -0.1) is 0 Å². The van der Waals surface area contributed by atoms with Crippen LogP contribution in [0, 0.1) is 0 Å². The van der Waals surface area contributed by atoms with E-state index in [9.17, 15) is 0 Å². The second kappa shape index (κ2) is 4.90. The zero-order valence-corrected chi connectivity index (χ0v) is 10.1. The Balaban J connectivity index is 1.98. The van der Waals surface area contributed by atoms with Crippen molar-refractivity contribution in [1.29, 1.82) is 0 Å². The topological polar surface area (TPSA) is 24.4 Å². The van der Waals surface area contributed by atoms with Gasteiger partial charge in [-0.1, -0.05) is 35.5 Å². The van der Waals surface area contributed by atoms with Gasteiger partial charge in [0.15, 0.2) is 5.17 Å². The molecule has 1 atom stereocenters. The largest absolute Gasteiger partial charge is 0.362 e. The van der Waals surface area contributed by atoms with Gasteiger partial charge in [0.1, 0.15) is 0 Å². The third kappa shape index (κ3) is 3.14. The quantitative estimate of drug-likeness (QED) is 0.860. The minimum absolute atomic E-state index is 0.535. The third-order valence-corrected chi connectivity index (χ3v) is 3.56. The summed E-state index contributed by atoms with van der Waals surface area (Å²) in [6, 6.07) is 8.36. The van der Waals surface area contributed by atoms with Crippen molar-refractivity contribution < 1.29 is 0 Å². The maximum atomic E-state index is 5.89. The number of rotatable bonds is 2. The number of nitrogens with one attached hydrogen (secondary N) is 1. The van der Waals surface area contributed by atoms with Crippen LogP contribution in [0.25, 0.3) is 0 Å². The molecule has 1 aromatic rings. The van der Waals surface area contributed by atoms with Gasteiger partial charge in [0.05, 0.1) is 6.54 Å². The van der Waals surface area contributed by atoms with E-state index in [1.54, 1.807) is 11.8 Å². The molecule has 0 aliphatic carbocycles. The average molecular weight is 241 g/mol. The zero-order valence-electron chi connectivity index (χ0n) is 8.53. The first-order valence-corrected chi connectivity index (χ1v) is 6.28. The number of hydrogen-bond donors (Lipinski definition) is 1. The predicted molar refractivity (Wildman–Crippen MR) is 67.6 cm³/mol. The van der Waals surface area contributed by atoms with E-state index in [0.29, 0.717) is 12.6 Å². The number of nitrogens with zero attached hydrogens (tertiary/aromatic N) is 1. The summed E-state index contributed by atoms with van der Waals surface area (Å²) in [6.45, 7) is 2.86.